The summed E-state index contributed by atoms with van der Waals surface area (Å²) in [6.45, 7) is 5.80. The maximum Gasteiger partial charge on any atom is 0.233 e. The van der Waals surface area contributed by atoms with Crippen LogP contribution in [0.4, 0.5) is 0 Å². The Kier molecular flexibility index (Phi) is 10.1. The third-order valence-corrected chi connectivity index (χ3v) is 4.37. The minimum atomic E-state index is -3.51. The molecule has 116 valence electrons. The van der Waals surface area contributed by atoms with E-state index in [-0.39, 0.29) is 11.2 Å². The maximum atomic E-state index is 11.4. The van der Waals surface area contributed by atoms with Crippen LogP contribution in [0, 0.1) is 5.41 Å². The predicted octanol–water partition coefficient (Wildman–Crippen LogP) is 3.19. The molecule has 0 aromatic heterocycles. The SMILES string of the molecule is CCCC(CCC)(COCCCOC)CS(=O)(=O)Cl. The highest BCUT2D eigenvalue weighted by molar-refractivity contribution is 8.13. The van der Waals surface area contributed by atoms with E-state index in [1.54, 1.807) is 7.11 Å². The topological polar surface area (TPSA) is 52.6 Å². The molecule has 0 saturated heterocycles. The Morgan fingerprint density at radius 2 is 1.68 bits per heavy atom. The smallest absolute Gasteiger partial charge is 0.233 e. The predicted molar refractivity (Wildman–Crippen MR) is 79.2 cm³/mol. The van der Waals surface area contributed by atoms with E-state index in [4.69, 9.17) is 20.2 Å². The fourth-order valence-electron chi connectivity index (χ4n) is 2.48. The van der Waals surface area contributed by atoms with E-state index in [1.807, 2.05) is 0 Å². The lowest BCUT2D eigenvalue weighted by molar-refractivity contribution is 0.0338. The molecule has 0 aliphatic rings. The third-order valence-electron chi connectivity index (χ3n) is 3.08. The molecule has 0 fully saturated rings. The summed E-state index contributed by atoms with van der Waals surface area (Å²) < 4.78 is 33.4. The number of hydrogen-bond donors (Lipinski definition) is 0. The summed E-state index contributed by atoms with van der Waals surface area (Å²) in [5, 5.41) is 0. The molecule has 0 bridgehead atoms. The minimum absolute atomic E-state index is 0.00644. The summed E-state index contributed by atoms with van der Waals surface area (Å²) in [7, 11) is 3.59. The van der Waals surface area contributed by atoms with Gasteiger partial charge in [-0.2, -0.15) is 0 Å². The number of methoxy groups -OCH3 is 1. The van der Waals surface area contributed by atoms with Crippen molar-refractivity contribution in [3.63, 3.8) is 0 Å². The summed E-state index contributed by atoms with van der Waals surface area (Å²) in [4.78, 5) is 0. The van der Waals surface area contributed by atoms with Crippen LogP contribution in [0.3, 0.4) is 0 Å². The Bertz CT molecular complexity index is 311. The Morgan fingerprint density at radius 3 is 2.11 bits per heavy atom. The number of halogens is 1. The second kappa shape index (κ2) is 9.97. The van der Waals surface area contributed by atoms with Crippen LogP contribution in [0.5, 0.6) is 0 Å². The molecule has 0 aliphatic heterocycles. The number of rotatable bonds is 12. The molecule has 0 aliphatic carbocycles. The third kappa shape index (κ3) is 9.66. The maximum absolute atomic E-state index is 11.4. The van der Waals surface area contributed by atoms with Crippen molar-refractivity contribution < 1.29 is 17.9 Å². The molecule has 0 spiro atoms. The Labute approximate surface area is 122 Å². The zero-order valence-electron chi connectivity index (χ0n) is 12.3. The summed E-state index contributed by atoms with van der Waals surface area (Å²) >= 11 is 0. The number of ether oxygens (including phenoxy) is 2. The fraction of sp³-hybridized carbons (Fsp3) is 1.00. The molecule has 0 aromatic carbocycles. The Balaban J connectivity index is 4.52. The standard InChI is InChI=1S/C13H27ClO4S/c1-4-7-13(8-5-2,12-19(14,15)16)11-18-10-6-9-17-3/h4-12H2,1-3H3. The molecular weight excluding hydrogens is 288 g/mol. The van der Waals surface area contributed by atoms with Gasteiger partial charge in [0.05, 0.1) is 12.4 Å². The van der Waals surface area contributed by atoms with Crippen molar-refractivity contribution in [3.8, 4) is 0 Å². The Hall–Kier alpha value is 0.160. The van der Waals surface area contributed by atoms with E-state index in [0.29, 0.717) is 19.8 Å². The first-order valence-corrected chi connectivity index (χ1v) is 9.36. The molecular formula is C13H27ClO4S. The van der Waals surface area contributed by atoms with Gasteiger partial charge in [0.1, 0.15) is 0 Å². The largest absolute Gasteiger partial charge is 0.385 e. The molecule has 0 atom stereocenters. The van der Waals surface area contributed by atoms with Crippen molar-refractivity contribution in [1.82, 2.24) is 0 Å². The van der Waals surface area contributed by atoms with Gasteiger partial charge in [-0.05, 0) is 19.3 Å². The fourth-order valence-corrected chi connectivity index (χ4v) is 4.27. The lowest BCUT2D eigenvalue weighted by Crippen LogP contribution is -2.34. The van der Waals surface area contributed by atoms with Gasteiger partial charge in [0, 0.05) is 36.4 Å². The van der Waals surface area contributed by atoms with Gasteiger partial charge < -0.3 is 9.47 Å². The van der Waals surface area contributed by atoms with Crippen molar-refractivity contribution in [1.29, 1.82) is 0 Å². The zero-order valence-corrected chi connectivity index (χ0v) is 13.9. The van der Waals surface area contributed by atoms with Crippen molar-refractivity contribution in [2.45, 2.75) is 46.0 Å². The molecule has 0 unspecified atom stereocenters. The van der Waals surface area contributed by atoms with Crippen LogP contribution in [0.15, 0.2) is 0 Å². The summed E-state index contributed by atoms with van der Waals surface area (Å²) in [5.41, 5.74) is -0.350. The van der Waals surface area contributed by atoms with Gasteiger partial charge in [0.2, 0.25) is 9.05 Å². The van der Waals surface area contributed by atoms with Crippen LogP contribution in [-0.2, 0) is 18.5 Å². The van der Waals surface area contributed by atoms with Crippen LogP contribution >= 0.6 is 10.7 Å². The van der Waals surface area contributed by atoms with Crippen molar-refractivity contribution in [2.24, 2.45) is 5.41 Å². The second-order valence-corrected chi connectivity index (χ2v) is 7.86. The van der Waals surface area contributed by atoms with Gasteiger partial charge in [0.15, 0.2) is 0 Å². The summed E-state index contributed by atoms with van der Waals surface area (Å²) in [6.07, 6.45) is 4.30. The molecule has 6 heteroatoms. The first-order valence-electron chi connectivity index (χ1n) is 6.88. The summed E-state index contributed by atoms with van der Waals surface area (Å²) in [6, 6.07) is 0. The summed E-state index contributed by atoms with van der Waals surface area (Å²) in [5.74, 6) is -0.00644. The van der Waals surface area contributed by atoms with Crippen molar-refractivity contribution in [3.05, 3.63) is 0 Å². The molecule has 0 N–H and O–H groups in total. The second-order valence-electron chi connectivity index (χ2n) is 5.08. The van der Waals surface area contributed by atoms with Gasteiger partial charge in [-0.25, -0.2) is 8.42 Å². The normalized spacial score (nSPS) is 12.8. The van der Waals surface area contributed by atoms with E-state index in [9.17, 15) is 8.42 Å². The van der Waals surface area contributed by atoms with E-state index in [1.165, 1.54) is 0 Å². The van der Waals surface area contributed by atoms with Crippen LogP contribution in [0.25, 0.3) is 0 Å². The Morgan fingerprint density at radius 1 is 1.11 bits per heavy atom. The van der Waals surface area contributed by atoms with E-state index in [2.05, 4.69) is 13.8 Å². The molecule has 19 heavy (non-hydrogen) atoms. The molecule has 0 amide bonds. The average molecular weight is 315 g/mol. The van der Waals surface area contributed by atoms with Gasteiger partial charge in [-0.15, -0.1) is 0 Å². The van der Waals surface area contributed by atoms with Crippen molar-refractivity contribution >= 4 is 19.7 Å². The quantitative estimate of drug-likeness (QED) is 0.410. The molecule has 0 heterocycles. The molecule has 4 nitrogen and oxygen atoms in total. The van der Waals surface area contributed by atoms with Crippen molar-refractivity contribution in [2.75, 3.05) is 32.7 Å². The van der Waals surface area contributed by atoms with Crippen LogP contribution in [-0.4, -0.2) is 41.1 Å². The molecule has 0 saturated carbocycles. The van der Waals surface area contributed by atoms with Gasteiger partial charge in [-0.3, -0.25) is 0 Å². The molecule has 0 rings (SSSR count). The lowest BCUT2D eigenvalue weighted by atomic mass is 9.82. The van der Waals surface area contributed by atoms with Gasteiger partial charge in [0.25, 0.3) is 0 Å². The zero-order chi connectivity index (χ0) is 14.8. The monoisotopic (exact) mass is 314 g/mol. The minimum Gasteiger partial charge on any atom is -0.385 e. The van der Waals surface area contributed by atoms with E-state index < -0.39 is 9.05 Å². The van der Waals surface area contributed by atoms with Crippen LogP contribution in [0.1, 0.15) is 46.0 Å². The van der Waals surface area contributed by atoms with Gasteiger partial charge >= 0.3 is 0 Å². The molecule has 0 radical (unpaired) electrons. The first kappa shape index (κ1) is 19.2. The van der Waals surface area contributed by atoms with E-state index in [0.717, 1.165) is 32.1 Å². The van der Waals surface area contributed by atoms with E-state index >= 15 is 0 Å². The van der Waals surface area contributed by atoms with Gasteiger partial charge in [-0.1, -0.05) is 26.7 Å². The van der Waals surface area contributed by atoms with Crippen LogP contribution < -0.4 is 0 Å². The highest BCUT2D eigenvalue weighted by Crippen LogP contribution is 2.33. The first-order chi connectivity index (χ1) is 8.89. The number of hydrogen-bond acceptors (Lipinski definition) is 4. The average Bonchev–Trinajstić information content (AvgIpc) is 2.27. The van der Waals surface area contributed by atoms with Crippen LogP contribution in [0.2, 0.25) is 0 Å². The highest BCUT2D eigenvalue weighted by Gasteiger charge is 2.33. The molecule has 0 aromatic rings. The highest BCUT2D eigenvalue weighted by atomic mass is 35.7. The lowest BCUT2D eigenvalue weighted by Gasteiger charge is -2.32.